The molecular formula is C18H18ClFN4O. The Kier molecular flexibility index (Phi) is 4.55. The highest BCUT2D eigenvalue weighted by Crippen LogP contribution is 2.47. The fourth-order valence-corrected chi connectivity index (χ4v) is 3.87. The van der Waals surface area contributed by atoms with E-state index in [1.54, 1.807) is 30.2 Å². The molecule has 0 fully saturated rings. The lowest BCUT2D eigenvalue weighted by atomic mass is 9.76. The first kappa shape index (κ1) is 17.5. The zero-order valence-electron chi connectivity index (χ0n) is 14.0. The number of nitrogens with two attached hydrogens (primary N) is 1. The summed E-state index contributed by atoms with van der Waals surface area (Å²) in [5, 5.41) is 13.3. The third-order valence-corrected chi connectivity index (χ3v) is 4.90. The van der Waals surface area contributed by atoms with E-state index >= 15 is 0 Å². The molecule has 0 amide bonds. The first-order chi connectivity index (χ1) is 11.9. The second-order valence-electron chi connectivity index (χ2n) is 6.28. The lowest BCUT2D eigenvalue weighted by Crippen LogP contribution is -2.45. The number of carbonyl (C=O) groups excluding carboxylic acids is 1. The Morgan fingerprint density at radius 2 is 2.12 bits per heavy atom. The van der Waals surface area contributed by atoms with Gasteiger partial charge in [0, 0.05) is 42.4 Å². The summed E-state index contributed by atoms with van der Waals surface area (Å²) in [5.74, 6) is -1.33. The second-order valence-corrected chi connectivity index (χ2v) is 6.68. The van der Waals surface area contributed by atoms with Crippen molar-refractivity contribution in [2.75, 3.05) is 14.1 Å². The quantitative estimate of drug-likeness (QED) is 0.877. The summed E-state index contributed by atoms with van der Waals surface area (Å²) in [7, 11) is 3.56. The van der Waals surface area contributed by atoms with Gasteiger partial charge in [-0.1, -0.05) is 17.7 Å². The Bertz CT molecular complexity index is 833. The predicted molar refractivity (Wildman–Crippen MR) is 92.4 cm³/mol. The molecule has 1 aliphatic carbocycles. The predicted octanol–water partition coefficient (Wildman–Crippen LogP) is 3.06. The van der Waals surface area contributed by atoms with Crippen molar-refractivity contribution in [3.63, 3.8) is 0 Å². The van der Waals surface area contributed by atoms with Gasteiger partial charge in [-0.05, 0) is 25.0 Å². The van der Waals surface area contributed by atoms with E-state index in [1.807, 2.05) is 0 Å². The van der Waals surface area contributed by atoms with Crippen molar-refractivity contribution in [1.29, 1.82) is 5.26 Å². The van der Waals surface area contributed by atoms with Crippen LogP contribution in [0.5, 0.6) is 0 Å². The number of Topliss-reactive ketones (excluding diaryl/α,β-unsaturated/α-hetero) is 1. The largest absolute Gasteiger partial charge is 0.383 e. The van der Waals surface area contributed by atoms with E-state index in [-0.39, 0.29) is 27.8 Å². The average molecular weight is 361 g/mol. The molecule has 3 rings (SSSR count). The fraction of sp³-hybridized carbons (Fsp3) is 0.333. The van der Waals surface area contributed by atoms with Gasteiger partial charge in [0.25, 0.3) is 0 Å². The third-order valence-electron chi connectivity index (χ3n) is 4.57. The highest BCUT2D eigenvalue weighted by atomic mass is 35.5. The number of hydrogen-bond donors (Lipinski definition) is 1. The topological polar surface area (TPSA) is 73.4 Å². The van der Waals surface area contributed by atoms with Gasteiger partial charge in [0.1, 0.15) is 11.6 Å². The van der Waals surface area contributed by atoms with Crippen LogP contribution in [-0.2, 0) is 4.79 Å². The van der Waals surface area contributed by atoms with Crippen molar-refractivity contribution >= 4 is 17.4 Å². The number of ketones is 1. The Balaban J connectivity index is 2.34. The molecule has 7 heteroatoms. The minimum absolute atomic E-state index is 0.0994. The summed E-state index contributed by atoms with van der Waals surface area (Å²) in [4.78, 5) is 12.7. The zero-order chi connectivity index (χ0) is 18.3. The van der Waals surface area contributed by atoms with Crippen molar-refractivity contribution in [2.24, 2.45) is 5.73 Å². The van der Waals surface area contributed by atoms with Crippen LogP contribution in [0.4, 0.5) is 4.39 Å². The Morgan fingerprint density at radius 3 is 2.72 bits per heavy atom. The van der Waals surface area contributed by atoms with Gasteiger partial charge in [-0.3, -0.25) is 9.80 Å². The summed E-state index contributed by atoms with van der Waals surface area (Å²) in [5.41, 5.74) is 7.63. The summed E-state index contributed by atoms with van der Waals surface area (Å²) in [6.07, 6.45) is 1.68. The molecule has 2 aliphatic rings. The maximum Gasteiger partial charge on any atom is 0.161 e. The number of carbonyl (C=O) groups is 1. The monoisotopic (exact) mass is 360 g/mol. The van der Waals surface area contributed by atoms with Crippen LogP contribution in [0, 0.1) is 17.1 Å². The lowest BCUT2D eigenvalue weighted by Gasteiger charge is -2.42. The molecule has 25 heavy (non-hydrogen) atoms. The minimum atomic E-state index is -0.877. The van der Waals surface area contributed by atoms with Crippen molar-refractivity contribution in [3.05, 3.63) is 57.3 Å². The molecule has 0 unspecified atom stereocenters. The van der Waals surface area contributed by atoms with Crippen LogP contribution in [0.25, 0.3) is 0 Å². The summed E-state index contributed by atoms with van der Waals surface area (Å²) in [6.45, 7) is 0. The van der Waals surface area contributed by atoms with Gasteiger partial charge in [-0.25, -0.2) is 9.40 Å². The Morgan fingerprint density at radius 1 is 1.40 bits per heavy atom. The van der Waals surface area contributed by atoms with Crippen molar-refractivity contribution in [1.82, 2.24) is 10.0 Å². The van der Waals surface area contributed by atoms with Gasteiger partial charge < -0.3 is 5.73 Å². The van der Waals surface area contributed by atoms with Gasteiger partial charge in [-0.2, -0.15) is 5.26 Å². The number of halogens is 2. The molecule has 0 saturated heterocycles. The second kappa shape index (κ2) is 6.51. The number of allylic oxidation sites excluding steroid dienone is 3. The average Bonchev–Trinajstić information content (AvgIpc) is 2.54. The van der Waals surface area contributed by atoms with E-state index in [4.69, 9.17) is 17.3 Å². The first-order valence-electron chi connectivity index (χ1n) is 7.95. The van der Waals surface area contributed by atoms with E-state index in [1.165, 1.54) is 12.1 Å². The fourth-order valence-electron chi connectivity index (χ4n) is 3.60. The van der Waals surface area contributed by atoms with Crippen LogP contribution < -0.4 is 5.73 Å². The highest BCUT2D eigenvalue weighted by molar-refractivity contribution is 6.31. The molecule has 5 nitrogen and oxygen atoms in total. The number of hydrogen-bond acceptors (Lipinski definition) is 5. The van der Waals surface area contributed by atoms with Gasteiger partial charge >= 0.3 is 0 Å². The molecule has 0 radical (unpaired) electrons. The SMILES string of the molecule is CN(C)N1C(N)=C(C#N)[C@H](c2c(F)cccc2Cl)C2=C1CCCC2=O. The number of rotatable bonds is 2. The minimum Gasteiger partial charge on any atom is -0.383 e. The van der Waals surface area contributed by atoms with Crippen LogP contribution >= 0.6 is 11.6 Å². The molecular weight excluding hydrogens is 343 g/mol. The van der Waals surface area contributed by atoms with E-state index < -0.39 is 11.7 Å². The number of hydrazine groups is 1. The van der Waals surface area contributed by atoms with E-state index in [0.717, 1.165) is 0 Å². The van der Waals surface area contributed by atoms with Crippen LogP contribution in [0.2, 0.25) is 5.02 Å². The smallest absolute Gasteiger partial charge is 0.161 e. The van der Waals surface area contributed by atoms with E-state index in [2.05, 4.69) is 6.07 Å². The van der Waals surface area contributed by atoms with Gasteiger partial charge in [0.15, 0.2) is 5.78 Å². The Hall–Kier alpha value is -2.36. The van der Waals surface area contributed by atoms with Crippen LogP contribution in [0.1, 0.15) is 30.7 Å². The third kappa shape index (κ3) is 2.70. The van der Waals surface area contributed by atoms with Gasteiger partial charge in [-0.15, -0.1) is 0 Å². The van der Waals surface area contributed by atoms with E-state index in [9.17, 15) is 14.4 Å². The molecule has 0 bridgehead atoms. The molecule has 2 N–H and O–H groups in total. The first-order valence-corrected chi connectivity index (χ1v) is 8.33. The van der Waals surface area contributed by atoms with Crippen molar-refractivity contribution < 1.29 is 9.18 Å². The molecule has 0 aromatic heterocycles. The molecule has 1 heterocycles. The molecule has 1 atom stereocenters. The van der Waals surface area contributed by atoms with Gasteiger partial charge in [0.2, 0.25) is 0 Å². The summed E-state index contributed by atoms with van der Waals surface area (Å²) < 4.78 is 14.6. The molecule has 130 valence electrons. The number of nitrogens with zero attached hydrogens (tertiary/aromatic N) is 3. The molecule has 0 spiro atoms. The maximum absolute atomic E-state index is 14.6. The van der Waals surface area contributed by atoms with E-state index in [0.29, 0.717) is 30.5 Å². The zero-order valence-corrected chi connectivity index (χ0v) is 14.8. The van der Waals surface area contributed by atoms with Crippen LogP contribution in [0.3, 0.4) is 0 Å². The normalized spacial score (nSPS) is 20.9. The standard InChI is InChI=1S/C18H18ClFN4O/c1-23(2)24-13-7-4-8-14(25)17(13)15(10(9-21)18(24)22)16-11(19)5-3-6-12(16)20/h3,5-6,15H,4,7-8,22H2,1-2H3/t15-/m1/s1. The summed E-state index contributed by atoms with van der Waals surface area (Å²) in [6, 6.07) is 6.39. The summed E-state index contributed by atoms with van der Waals surface area (Å²) >= 11 is 6.24. The van der Waals surface area contributed by atoms with Crippen molar-refractivity contribution in [2.45, 2.75) is 25.2 Å². The Labute approximate surface area is 150 Å². The maximum atomic E-state index is 14.6. The molecule has 0 saturated carbocycles. The molecule has 1 aliphatic heterocycles. The number of benzene rings is 1. The lowest BCUT2D eigenvalue weighted by molar-refractivity contribution is -0.116. The van der Waals surface area contributed by atoms with Crippen LogP contribution in [-0.4, -0.2) is 29.9 Å². The van der Waals surface area contributed by atoms with Crippen molar-refractivity contribution in [3.8, 4) is 6.07 Å². The van der Waals surface area contributed by atoms with Crippen LogP contribution in [0.15, 0.2) is 40.9 Å². The van der Waals surface area contributed by atoms with Gasteiger partial charge in [0.05, 0.1) is 17.6 Å². The highest BCUT2D eigenvalue weighted by Gasteiger charge is 2.42. The number of nitriles is 1. The molecule has 1 aromatic rings. The molecule has 1 aromatic carbocycles.